The second-order valence-corrected chi connectivity index (χ2v) is 8.27. The minimum atomic E-state index is -0.865. The van der Waals surface area contributed by atoms with Gasteiger partial charge in [0.05, 0.1) is 6.10 Å². The molecule has 4 heteroatoms. The van der Waals surface area contributed by atoms with E-state index < -0.39 is 5.54 Å². The molecule has 2 rings (SSSR count). The number of carbonyl (C=O) groups is 1. The first-order valence-corrected chi connectivity index (χ1v) is 8.80. The van der Waals surface area contributed by atoms with Gasteiger partial charge in [-0.05, 0) is 19.4 Å². The van der Waals surface area contributed by atoms with Gasteiger partial charge in [-0.3, -0.25) is 4.79 Å². The molecule has 1 saturated carbocycles. The van der Waals surface area contributed by atoms with Gasteiger partial charge in [-0.2, -0.15) is 0 Å². The van der Waals surface area contributed by atoms with Gasteiger partial charge in [0.1, 0.15) is 5.54 Å². The molecule has 0 spiro atoms. The normalized spacial score (nSPS) is 25.9. The summed E-state index contributed by atoms with van der Waals surface area (Å²) in [4.78, 5) is 12.8. The van der Waals surface area contributed by atoms with Gasteiger partial charge < -0.3 is 15.8 Å². The minimum absolute atomic E-state index is 0.0448. The third-order valence-electron chi connectivity index (χ3n) is 5.76. The van der Waals surface area contributed by atoms with Crippen molar-refractivity contribution in [1.29, 1.82) is 0 Å². The van der Waals surface area contributed by atoms with Gasteiger partial charge >= 0.3 is 0 Å². The van der Waals surface area contributed by atoms with Crippen LogP contribution in [-0.2, 0) is 14.9 Å². The zero-order valence-corrected chi connectivity index (χ0v) is 15.9. The highest BCUT2D eigenvalue weighted by molar-refractivity contribution is 5.88. The molecular weight excluding hydrogens is 300 g/mol. The average Bonchev–Trinajstić information content (AvgIpc) is 2.52. The molecule has 24 heavy (non-hydrogen) atoms. The van der Waals surface area contributed by atoms with Crippen molar-refractivity contribution in [1.82, 2.24) is 5.32 Å². The number of nitrogens with two attached hydrogens (primary N) is 1. The second kappa shape index (κ2) is 6.49. The van der Waals surface area contributed by atoms with Gasteiger partial charge in [-0.15, -0.1) is 0 Å². The Morgan fingerprint density at radius 2 is 1.92 bits per heavy atom. The molecule has 0 saturated heterocycles. The Balaban J connectivity index is 2.01. The van der Waals surface area contributed by atoms with Gasteiger partial charge in [-0.25, -0.2) is 0 Å². The van der Waals surface area contributed by atoms with Crippen LogP contribution in [0.25, 0.3) is 0 Å². The lowest BCUT2D eigenvalue weighted by molar-refractivity contribution is -0.170. The third kappa shape index (κ3) is 3.22. The number of aryl methyl sites for hydroxylation is 1. The lowest BCUT2D eigenvalue weighted by Gasteiger charge is -2.57. The largest absolute Gasteiger partial charge is 0.378 e. The molecule has 0 aliphatic heterocycles. The second-order valence-electron chi connectivity index (χ2n) is 8.27. The maximum atomic E-state index is 12.8. The molecule has 134 valence electrons. The van der Waals surface area contributed by atoms with E-state index in [1.807, 2.05) is 20.8 Å². The molecule has 0 aromatic heterocycles. The van der Waals surface area contributed by atoms with E-state index in [2.05, 4.69) is 50.4 Å². The first-order chi connectivity index (χ1) is 11.0. The summed E-state index contributed by atoms with van der Waals surface area (Å²) in [5, 5.41) is 3.08. The molecule has 1 aromatic rings. The van der Waals surface area contributed by atoms with Gasteiger partial charge in [0.15, 0.2) is 0 Å². The molecule has 1 aliphatic rings. The van der Waals surface area contributed by atoms with Crippen LogP contribution in [0.5, 0.6) is 0 Å². The zero-order chi connectivity index (χ0) is 18.2. The summed E-state index contributed by atoms with van der Waals surface area (Å²) in [7, 11) is 0. The van der Waals surface area contributed by atoms with Gasteiger partial charge in [-0.1, -0.05) is 57.5 Å². The monoisotopic (exact) mass is 332 g/mol. The quantitative estimate of drug-likeness (QED) is 0.842. The van der Waals surface area contributed by atoms with Gasteiger partial charge in [0, 0.05) is 30.4 Å². The van der Waals surface area contributed by atoms with Crippen molar-refractivity contribution in [3.8, 4) is 0 Å². The maximum absolute atomic E-state index is 12.8. The highest BCUT2D eigenvalue weighted by atomic mass is 16.5. The van der Waals surface area contributed by atoms with E-state index in [-0.39, 0.29) is 22.8 Å². The number of hydrogen-bond acceptors (Lipinski definition) is 3. The predicted molar refractivity (Wildman–Crippen MR) is 97.9 cm³/mol. The number of ether oxygens (including phenoxy) is 1. The van der Waals surface area contributed by atoms with E-state index in [9.17, 15) is 4.79 Å². The van der Waals surface area contributed by atoms with Crippen molar-refractivity contribution >= 4 is 5.91 Å². The Hall–Kier alpha value is -1.39. The van der Waals surface area contributed by atoms with Crippen molar-refractivity contribution in [2.45, 2.75) is 65.0 Å². The predicted octanol–water partition coefficient (Wildman–Crippen LogP) is 2.92. The summed E-state index contributed by atoms with van der Waals surface area (Å²) in [5.74, 6) is -0.0800. The highest BCUT2D eigenvalue weighted by Crippen LogP contribution is 2.49. The topological polar surface area (TPSA) is 64.3 Å². The molecule has 1 fully saturated rings. The molecular formula is C20H32N2O2. The van der Waals surface area contributed by atoms with E-state index in [0.717, 1.165) is 0 Å². The van der Waals surface area contributed by atoms with Crippen LogP contribution in [0.4, 0.5) is 0 Å². The lowest BCUT2D eigenvalue weighted by atomic mass is 9.54. The number of nitrogens with one attached hydrogen (secondary N) is 1. The summed E-state index contributed by atoms with van der Waals surface area (Å²) in [6, 6.07) is 8.45. The molecule has 1 amide bonds. The number of hydrogen-bond donors (Lipinski definition) is 2. The molecule has 4 nitrogen and oxygen atoms in total. The highest BCUT2D eigenvalue weighted by Gasteiger charge is 2.62. The SMILES string of the molecule is CCOC1CC(N)(C(=O)NCC(C)(C)c2ccc(C)cc2)C1(C)C. The van der Waals surface area contributed by atoms with Gasteiger partial charge in [0.25, 0.3) is 0 Å². The van der Waals surface area contributed by atoms with Crippen LogP contribution >= 0.6 is 0 Å². The molecule has 3 N–H and O–H groups in total. The summed E-state index contributed by atoms with van der Waals surface area (Å²) in [6.07, 6.45) is 0.619. The van der Waals surface area contributed by atoms with E-state index >= 15 is 0 Å². The minimum Gasteiger partial charge on any atom is -0.378 e. The molecule has 1 aromatic carbocycles. The Morgan fingerprint density at radius 3 is 2.42 bits per heavy atom. The number of carbonyl (C=O) groups excluding carboxylic acids is 1. The molecule has 0 heterocycles. The Bertz CT molecular complexity index is 592. The van der Waals surface area contributed by atoms with E-state index in [1.54, 1.807) is 0 Å². The summed E-state index contributed by atoms with van der Waals surface area (Å²) in [6.45, 7) is 13.5. The third-order valence-corrected chi connectivity index (χ3v) is 5.76. The Labute approximate surface area is 146 Å². The van der Waals surface area contributed by atoms with E-state index in [1.165, 1.54) is 11.1 Å². The van der Waals surface area contributed by atoms with Crippen LogP contribution < -0.4 is 11.1 Å². The standard InChI is InChI=1S/C20H32N2O2/c1-7-24-16-12-20(21,19(16,5)6)17(23)22-13-18(3,4)15-10-8-14(2)9-11-15/h8-11,16H,7,12-13,21H2,1-6H3,(H,22,23). The van der Waals surface area contributed by atoms with Crippen LogP contribution in [0.3, 0.4) is 0 Å². The van der Waals surface area contributed by atoms with Crippen molar-refractivity contribution in [3.63, 3.8) is 0 Å². The summed E-state index contributed by atoms with van der Waals surface area (Å²) < 4.78 is 5.70. The van der Waals surface area contributed by atoms with Crippen molar-refractivity contribution in [3.05, 3.63) is 35.4 Å². The van der Waals surface area contributed by atoms with Gasteiger partial charge in [0.2, 0.25) is 5.91 Å². The fraction of sp³-hybridized carbons (Fsp3) is 0.650. The zero-order valence-electron chi connectivity index (χ0n) is 15.9. The Morgan fingerprint density at radius 1 is 1.33 bits per heavy atom. The van der Waals surface area contributed by atoms with Crippen LogP contribution in [0, 0.1) is 12.3 Å². The first kappa shape index (κ1) is 18.9. The van der Waals surface area contributed by atoms with Crippen LogP contribution in [0.15, 0.2) is 24.3 Å². The molecule has 2 unspecified atom stereocenters. The fourth-order valence-electron chi connectivity index (χ4n) is 3.39. The van der Waals surface area contributed by atoms with E-state index in [0.29, 0.717) is 19.6 Å². The number of amides is 1. The van der Waals surface area contributed by atoms with Crippen LogP contribution in [0.2, 0.25) is 0 Å². The van der Waals surface area contributed by atoms with Crippen molar-refractivity contribution in [2.75, 3.05) is 13.2 Å². The smallest absolute Gasteiger partial charge is 0.240 e. The lowest BCUT2D eigenvalue weighted by Crippen LogP contribution is -2.76. The first-order valence-electron chi connectivity index (χ1n) is 8.80. The number of rotatable bonds is 6. The van der Waals surface area contributed by atoms with Crippen molar-refractivity contribution < 1.29 is 9.53 Å². The summed E-state index contributed by atoms with van der Waals surface area (Å²) in [5.41, 5.74) is 7.51. The molecule has 1 aliphatic carbocycles. The van der Waals surface area contributed by atoms with Crippen molar-refractivity contribution in [2.24, 2.45) is 11.1 Å². The Kier molecular flexibility index (Phi) is 5.12. The van der Waals surface area contributed by atoms with Crippen LogP contribution in [0.1, 0.15) is 52.2 Å². The number of benzene rings is 1. The average molecular weight is 332 g/mol. The summed E-state index contributed by atoms with van der Waals surface area (Å²) >= 11 is 0. The molecule has 0 radical (unpaired) electrons. The molecule has 0 bridgehead atoms. The van der Waals surface area contributed by atoms with E-state index in [4.69, 9.17) is 10.5 Å². The maximum Gasteiger partial charge on any atom is 0.240 e. The fourth-order valence-corrected chi connectivity index (χ4v) is 3.39. The molecule has 2 atom stereocenters. The van der Waals surface area contributed by atoms with Crippen LogP contribution in [-0.4, -0.2) is 30.7 Å².